The second-order valence-electron chi connectivity index (χ2n) is 5.00. The quantitative estimate of drug-likeness (QED) is 0.800. The maximum Gasteiger partial charge on any atom is 0.239 e. The molecule has 0 saturated carbocycles. The van der Waals surface area contributed by atoms with Gasteiger partial charge >= 0.3 is 0 Å². The van der Waals surface area contributed by atoms with Gasteiger partial charge in [0.2, 0.25) is 5.91 Å². The van der Waals surface area contributed by atoms with Crippen molar-refractivity contribution in [2.45, 2.75) is 33.4 Å². The minimum absolute atomic E-state index is 0.0228. The monoisotopic (exact) mass is 341 g/mol. The van der Waals surface area contributed by atoms with Gasteiger partial charge in [-0.15, -0.1) is 0 Å². The van der Waals surface area contributed by atoms with Crippen molar-refractivity contribution >= 4 is 27.5 Å². The van der Waals surface area contributed by atoms with Crippen LogP contribution in [0.25, 0.3) is 0 Å². The van der Waals surface area contributed by atoms with E-state index in [0.717, 1.165) is 23.2 Å². The highest BCUT2D eigenvalue weighted by molar-refractivity contribution is 9.10. The molecule has 1 aromatic rings. The first-order valence-electron chi connectivity index (χ1n) is 6.95. The number of nitrogens with zero attached hydrogens (tertiary/aromatic N) is 1. The summed E-state index contributed by atoms with van der Waals surface area (Å²) in [7, 11) is 1.66. The lowest BCUT2D eigenvalue weighted by atomic mass is 10.1. The van der Waals surface area contributed by atoms with Gasteiger partial charge in [0.05, 0.1) is 6.54 Å². The fourth-order valence-corrected chi connectivity index (χ4v) is 2.26. The van der Waals surface area contributed by atoms with E-state index in [1.165, 1.54) is 5.56 Å². The highest BCUT2D eigenvalue weighted by atomic mass is 79.9. The number of anilines is 1. The van der Waals surface area contributed by atoms with Crippen molar-refractivity contribution in [2.75, 3.05) is 25.0 Å². The maximum absolute atomic E-state index is 11.6. The number of carbonyl (C=O) groups excluding carboxylic acids is 1. The Labute approximate surface area is 130 Å². The number of rotatable bonds is 7. The number of halogens is 1. The van der Waals surface area contributed by atoms with Gasteiger partial charge in [0.15, 0.2) is 0 Å². The third-order valence-corrected chi connectivity index (χ3v) is 3.58. The van der Waals surface area contributed by atoms with E-state index >= 15 is 0 Å². The van der Waals surface area contributed by atoms with Crippen LogP contribution in [0, 0.1) is 0 Å². The van der Waals surface area contributed by atoms with E-state index in [4.69, 9.17) is 0 Å². The Bertz CT molecular complexity index is 449. The number of hydrogen-bond donors (Lipinski definition) is 2. The van der Waals surface area contributed by atoms with Crippen LogP contribution in [-0.4, -0.2) is 32.1 Å². The molecule has 0 aromatic heterocycles. The topological polar surface area (TPSA) is 44.4 Å². The number of nitrogens with one attached hydrogen (secondary N) is 2. The van der Waals surface area contributed by atoms with Crippen LogP contribution in [0.1, 0.15) is 26.3 Å². The zero-order valence-corrected chi connectivity index (χ0v) is 14.3. The van der Waals surface area contributed by atoms with E-state index in [-0.39, 0.29) is 5.91 Å². The maximum atomic E-state index is 11.6. The molecule has 1 aromatic carbocycles. The summed E-state index contributed by atoms with van der Waals surface area (Å²) >= 11 is 3.51. The molecular formula is C15H24BrN3O. The molecule has 20 heavy (non-hydrogen) atoms. The van der Waals surface area contributed by atoms with Gasteiger partial charge in [-0.05, 0) is 24.6 Å². The summed E-state index contributed by atoms with van der Waals surface area (Å²) in [4.78, 5) is 13.7. The van der Waals surface area contributed by atoms with Crippen molar-refractivity contribution in [1.82, 2.24) is 10.6 Å². The molecule has 0 atom stereocenters. The minimum Gasteiger partial charge on any atom is -0.362 e. The van der Waals surface area contributed by atoms with E-state index in [9.17, 15) is 4.79 Å². The Balaban J connectivity index is 2.98. The first kappa shape index (κ1) is 17.0. The van der Waals surface area contributed by atoms with Crippen LogP contribution in [-0.2, 0) is 11.3 Å². The molecular weight excluding hydrogens is 318 g/mol. The minimum atomic E-state index is 0.0228. The molecule has 4 nitrogen and oxygen atoms in total. The Morgan fingerprint density at radius 1 is 1.40 bits per heavy atom. The van der Waals surface area contributed by atoms with Crippen LogP contribution in [0.15, 0.2) is 22.7 Å². The predicted octanol–water partition coefficient (Wildman–Crippen LogP) is 2.52. The van der Waals surface area contributed by atoms with Crippen LogP contribution >= 0.6 is 15.9 Å². The van der Waals surface area contributed by atoms with Crippen LogP contribution in [0.2, 0.25) is 0 Å². The number of carbonyl (C=O) groups is 1. The van der Waals surface area contributed by atoms with E-state index in [1.54, 1.807) is 7.05 Å². The Hall–Kier alpha value is -1.07. The lowest BCUT2D eigenvalue weighted by molar-refractivity contribution is -0.119. The molecule has 0 aliphatic carbocycles. The summed E-state index contributed by atoms with van der Waals surface area (Å²) in [5, 5.41) is 6.10. The summed E-state index contributed by atoms with van der Waals surface area (Å²) in [6, 6.07) is 6.64. The standard InChI is InChI=1S/C15H24BrN3O/c1-5-19(10-15(20)17-4)14-8-13(16)7-6-12(14)9-18-11(2)3/h6-8,11,18H,5,9-10H2,1-4H3,(H,17,20). The van der Waals surface area contributed by atoms with Crippen molar-refractivity contribution in [1.29, 1.82) is 0 Å². The summed E-state index contributed by atoms with van der Waals surface area (Å²) in [5.74, 6) is 0.0228. The summed E-state index contributed by atoms with van der Waals surface area (Å²) in [6.45, 7) is 8.27. The molecule has 0 spiro atoms. The first-order valence-corrected chi connectivity index (χ1v) is 7.74. The summed E-state index contributed by atoms with van der Waals surface area (Å²) < 4.78 is 1.02. The third kappa shape index (κ3) is 5.13. The highest BCUT2D eigenvalue weighted by Crippen LogP contribution is 2.25. The normalized spacial score (nSPS) is 10.7. The molecule has 0 bridgehead atoms. The van der Waals surface area contributed by atoms with E-state index in [0.29, 0.717) is 12.6 Å². The van der Waals surface area contributed by atoms with E-state index in [1.807, 2.05) is 6.07 Å². The number of benzene rings is 1. The average molecular weight is 342 g/mol. The van der Waals surface area contributed by atoms with E-state index < -0.39 is 0 Å². The van der Waals surface area contributed by atoms with Gasteiger partial charge in [-0.3, -0.25) is 4.79 Å². The molecule has 1 amide bonds. The Kier molecular flexibility index (Phi) is 7.02. The first-order chi connectivity index (χ1) is 9.47. The molecule has 0 aliphatic heterocycles. The molecule has 0 unspecified atom stereocenters. The average Bonchev–Trinajstić information content (AvgIpc) is 2.42. The molecule has 112 valence electrons. The van der Waals surface area contributed by atoms with Gasteiger partial charge in [0.25, 0.3) is 0 Å². The highest BCUT2D eigenvalue weighted by Gasteiger charge is 2.13. The molecule has 5 heteroatoms. The lowest BCUT2D eigenvalue weighted by Gasteiger charge is -2.25. The fraction of sp³-hybridized carbons (Fsp3) is 0.533. The molecule has 0 radical (unpaired) electrons. The fourth-order valence-electron chi connectivity index (χ4n) is 1.91. The molecule has 0 heterocycles. The molecule has 0 fully saturated rings. The van der Waals surface area contributed by atoms with Crippen LogP contribution in [0.3, 0.4) is 0 Å². The Morgan fingerprint density at radius 2 is 2.10 bits per heavy atom. The molecule has 1 rings (SSSR count). The van der Waals surface area contributed by atoms with Gasteiger partial charge in [0, 0.05) is 36.3 Å². The number of hydrogen-bond acceptors (Lipinski definition) is 3. The second kappa shape index (κ2) is 8.27. The largest absolute Gasteiger partial charge is 0.362 e. The zero-order chi connectivity index (χ0) is 15.1. The van der Waals surface area contributed by atoms with Gasteiger partial charge in [0.1, 0.15) is 0 Å². The van der Waals surface area contributed by atoms with Crippen molar-refractivity contribution in [2.24, 2.45) is 0 Å². The van der Waals surface area contributed by atoms with Gasteiger partial charge in [-0.25, -0.2) is 0 Å². The van der Waals surface area contributed by atoms with Crippen molar-refractivity contribution in [3.05, 3.63) is 28.2 Å². The SMILES string of the molecule is CCN(CC(=O)NC)c1cc(Br)ccc1CNC(C)C. The lowest BCUT2D eigenvalue weighted by Crippen LogP contribution is -2.36. The van der Waals surface area contributed by atoms with Crippen LogP contribution in [0.5, 0.6) is 0 Å². The Morgan fingerprint density at radius 3 is 2.65 bits per heavy atom. The molecule has 2 N–H and O–H groups in total. The number of amides is 1. The smallest absolute Gasteiger partial charge is 0.239 e. The van der Waals surface area contributed by atoms with E-state index in [2.05, 4.69) is 64.4 Å². The summed E-state index contributed by atoms with van der Waals surface area (Å²) in [6.07, 6.45) is 0. The van der Waals surface area contributed by atoms with Gasteiger partial charge < -0.3 is 15.5 Å². The van der Waals surface area contributed by atoms with Gasteiger partial charge in [-0.1, -0.05) is 35.8 Å². The summed E-state index contributed by atoms with van der Waals surface area (Å²) in [5.41, 5.74) is 2.30. The molecule has 0 saturated heterocycles. The predicted molar refractivity (Wildman–Crippen MR) is 88.1 cm³/mol. The van der Waals surface area contributed by atoms with Crippen LogP contribution < -0.4 is 15.5 Å². The van der Waals surface area contributed by atoms with Crippen molar-refractivity contribution in [3.8, 4) is 0 Å². The van der Waals surface area contributed by atoms with Crippen LogP contribution in [0.4, 0.5) is 5.69 Å². The molecule has 0 aliphatic rings. The van der Waals surface area contributed by atoms with Crippen molar-refractivity contribution < 1.29 is 4.79 Å². The second-order valence-corrected chi connectivity index (χ2v) is 5.91. The van der Waals surface area contributed by atoms with Gasteiger partial charge in [-0.2, -0.15) is 0 Å². The zero-order valence-electron chi connectivity index (χ0n) is 12.7. The number of likely N-dealkylation sites (N-methyl/N-ethyl adjacent to an activating group) is 2. The van der Waals surface area contributed by atoms with Crippen molar-refractivity contribution in [3.63, 3.8) is 0 Å². The third-order valence-electron chi connectivity index (χ3n) is 3.08.